The topological polar surface area (TPSA) is 113 Å². The lowest BCUT2D eigenvalue weighted by molar-refractivity contribution is -0.142. The van der Waals surface area contributed by atoms with E-state index >= 15 is 0 Å². The first-order valence-corrected chi connectivity index (χ1v) is 14.6. The van der Waals surface area contributed by atoms with Crippen molar-refractivity contribution in [1.29, 1.82) is 0 Å². The second kappa shape index (κ2) is 11.7. The summed E-state index contributed by atoms with van der Waals surface area (Å²) in [6, 6.07) is 27.8. The average Bonchev–Trinajstić information content (AvgIpc) is 3.52. The van der Waals surface area contributed by atoms with E-state index in [9.17, 15) is 22.8 Å². The lowest BCUT2D eigenvalue weighted by atomic mass is 9.90. The molecule has 0 spiro atoms. The predicted octanol–water partition coefficient (Wildman–Crippen LogP) is 4.05. The molecule has 2 atom stereocenters. The van der Waals surface area contributed by atoms with Gasteiger partial charge in [0.15, 0.2) is 0 Å². The summed E-state index contributed by atoms with van der Waals surface area (Å²) >= 11 is 0. The number of hydrogen-bond acceptors (Lipinski definition) is 5. The summed E-state index contributed by atoms with van der Waals surface area (Å²) in [4.78, 5) is 42.4. The molecule has 4 aromatic rings. The van der Waals surface area contributed by atoms with Gasteiger partial charge in [-0.3, -0.25) is 14.4 Å². The van der Waals surface area contributed by atoms with E-state index in [2.05, 4.69) is 10.0 Å². The van der Waals surface area contributed by atoms with Gasteiger partial charge < -0.3 is 10.2 Å². The lowest BCUT2D eigenvalue weighted by Crippen LogP contribution is -2.50. The van der Waals surface area contributed by atoms with Crippen LogP contribution in [-0.2, 0) is 19.6 Å². The zero-order valence-electron chi connectivity index (χ0n) is 21.7. The summed E-state index contributed by atoms with van der Waals surface area (Å²) in [6.45, 7) is 0.905. The van der Waals surface area contributed by atoms with Gasteiger partial charge in [-0.05, 0) is 53.4 Å². The zero-order valence-corrected chi connectivity index (χ0v) is 22.5. The fourth-order valence-electron chi connectivity index (χ4n) is 4.96. The Morgan fingerprint density at radius 2 is 1.32 bits per heavy atom. The first-order chi connectivity index (χ1) is 19.3. The molecule has 0 aromatic heterocycles. The summed E-state index contributed by atoms with van der Waals surface area (Å²) in [5, 5.41) is 4.39. The minimum absolute atomic E-state index is 0.100. The van der Waals surface area contributed by atoms with Crippen LogP contribution in [0.5, 0.6) is 0 Å². The second-order valence-electron chi connectivity index (χ2n) is 9.72. The van der Waals surface area contributed by atoms with Crippen LogP contribution < -0.4 is 10.0 Å². The molecule has 1 heterocycles. The summed E-state index contributed by atoms with van der Waals surface area (Å²) < 4.78 is 28.9. The standard InChI is InChI=1S/C31H29N3O5S/c35-29(24-14-5-2-6-15-24)32-28(23-12-3-1-4-13-23)27(31(37)34-19-9-10-20-34)30(36)33-40(38,39)26-18-17-22-11-7-8-16-25(22)21-26/h1-8,11-18,21,27-28H,9-10,19-20H2,(H,32,35)(H,33,36). The highest BCUT2D eigenvalue weighted by molar-refractivity contribution is 7.90. The third-order valence-corrected chi connectivity index (χ3v) is 8.39. The Hall–Kier alpha value is -4.50. The summed E-state index contributed by atoms with van der Waals surface area (Å²) in [7, 11) is -4.33. The monoisotopic (exact) mass is 555 g/mol. The fraction of sp³-hybridized carbons (Fsp3) is 0.194. The van der Waals surface area contributed by atoms with Crippen molar-refractivity contribution in [3.63, 3.8) is 0 Å². The normalized spacial score (nSPS) is 14.8. The van der Waals surface area contributed by atoms with Crippen LogP contribution in [0.15, 0.2) is 108 Å². The van der Waals surface area contributed by atoms with Crippen LogP contribution in [0.3, 0.4) is 0 Å². The van der Waals surface area contributed by atoms with E-state index in [0.29, 0.717) is 29.6 Å². The molecule has 40 heavy (non-hydrogen) atoms. The highest BCUT2D eigenvalue weighted by Crippen LogP contribution is 2.28. The number of sulfonamides is 1. The van der Waals surface area contributed by atoms with Crippen LogP contribution >= 0.6 is 0 Å². The Labute approximate surface area is 233 Å². The molecule has 1 saturated heterocycles. The quantitative estimate of drug-likeness (QED) is 0.319. The first kappa shape index (κ1) is 27.1. The molecule has 4 aromatic carbocycles. The Bertz CT molecular complexity index is 1640. The van der Waals surface area contributed by atoms with Gasteiger partial charge in [0.1, 0.15) is 5.92 Å². The number of carbonyl (C=O) groups excluding carboxylic acids is 3. The van der Waals surface area contributed by atoms with Gasteiger partial charge in [-0.25, -0.2) is 13.1 Å². The number of fused-ring (bicyclic) bond motifs is 1. The maximum atomic E-state index is 13.8. The van der Waals surface area contributed by atoms with Crippen molar-refractivity contribution >= 4 is 38.5 Å². The van der Waals surface area contributed by atoms with Crippen molar-refractivity contribution in [3.05, 3.63) is 114 Å². The van der Waals surface area contributed by atoms with Crippen molar-refractivity contribution in [2.45, 2.75) is 23.8 Å². The maximum absolute atomic E-state index is 13.8. The molecule has 1 aliphatic heterocycles. The molecule has 0 bridgehead atoms. The molecule has 8 nitrogen and oxygen atoms in total. The van der Waals surface area contributed by atoms with Gasteiger partial charge in [0.25, 0.3) is 15.9 Å². The number of nitrogens with one attached hydrogen (secondary N) is 2. The van der Waals surface area contributed by atoms with Gasteiger partial charge >= 0.3 is 0 Å². The molecule has 0 aliphatic carbocycles. The van der Waals surface area contributed by atoms with E-state index < -0.39 is 39.7 Å². The van der Waals surface area contributed by atoms with Crippen LogP contribution in [0.2, 0.25) is 0 Å². The minimum atomic E-state index is -4.33. The number of benzene rings is 4. The number of carbonyl (C=O) groups is 3. The van der Waals surface area contributed by atoms with Crippen molar-refractivity contribution in [1.82, 2.24) is 14.9 Å². The Kier molecular flexibility index (Phi) is 7.93. The number of likely N-dealkylation sites (tertiary alicyclic amines) is 1. The van der Waals surface area contributed by atoms with Gasteiger partial charge in [0, 0.05) is 18.7 Å². The Balaban J connectivity index is 1.52. The summed E-state index contributed by atoms with van der Waals surface area (Å²) in [6.07, 6.45) is 1.56. The molecule has 1 fully saturated rings. The molecule has 1 aliphatic rings. The summed E-state index contributed by atoms with van der Waals surface area (Å²) in [5.41, 5.74) is 0.850. The number of nitrogens with zero attached hydrogens (tertiary/aromatic N) is 1. The molecule has 0 radical (unpaired) electrons. The zero-order chi connectivity index (χ0) is 28.1. The third kappa shape index (κ3) is 5.89. The fourth-order valence-corrected chi connectivity index (χ4v) is 6.00. The van der Waals surface area contributed by atoms with Crippen LogP contribution in [0.1, 0.15) is 34.8 Å². The molecule has 2 N–H and O–H groups in total. The van der Waals surface area contributed by atoms with Gasteiger partial charge in [-0.2, -0.15) is 0 Å². The average molecular weight is 556 g/mol. The van der Waals surface area contributed by atoms with E-state index in [1.165, 1.54) is 12.1 Å². The van der Waals surface area contributed by atoms with Crippen LogP contribution in [0.4, 0.5) is 0 Å². The van der Waals surface area contributed by atoms with Crippen molar-refractivity contribution in [2.24, 2.45) is 5.92 Å². The second-order valence-corrected chi connectivity index (χ2v) is 11.4. The molecular weight excluding hydrogens is 526 g/mol. The van der Waals surface area contributed by atoms with E-state index in [4.69, 9.17) is 0 Å². The number of hydrogen-bond donors (Lipinski definition) is 2. The molecule has 3 amide bonds. The highest BCUT2D eigenvalue weighted by Gasteiger charge is 2.41. The first-order valence-electron chi connectivity index (χ1n) is 13.1. The molecule has 5 rings (SSSR count). The Morgan fingerprint density at radius 3 is 2.00 bits per heavy atom. The molecule has 2 unspecified atom stereocenters. The van der Waals surface area contributed by atoms with E-state index in [1.807, 2.05) is 12.1 Å². The van der Waals surface area contributed by atoms with Crippen molar-refractivity contribution in [3.8, 4) is 0 Å². The SMILES string of the molecule is O=C(NC(c1ccccc1)C(C(=O)NS(=O)(=O)c1ccc2ccccc2c1)C(=O)N1CCCC1)c1ccccc1. The smallest absolute Gasteiger partial charge is 0.264 e. The number of rotatable bonds is 8. The van der Waals surface area contributed by atoms with E-state index in [1.54, 1.807) is 83.8 Å². The van der Waals surface area contributed by atoms with Crippen molar-refractivity contribution in [2.75, 3.05) is 13.1 Å². The van der Waals surface area contributed by atoms with Crippen LogP contribution in [-0.4, -0.2) is 44.1 Å². The number of amides is 3. The Morgan fingerprint density at radius 1 is 0.725 bits per heavy atom. The van der Waals surface area contributed by atoms with Gasteiger partial charge in [-0.1, -0.05) is 78.9 Å². The molecule has 9 heteroatoms. The lowest BCUT2D eigenvalue weighted by Gasteiger charge is -2.30. The molecule has 0 saturated carbocycles. The highest BCUT2D eigenvalue weighted by atomic mass is 32.2. The molecule has 204 valence electrons. The molecular formula is C31H29N3O5S. The third-order valence-electron chi connectivity index (χ3n) is 7.05. The largest absolute Gasteiger partial charge is 0.344 e. The van der Waals surface area contributed by atoms with Gasteiger partial charge in [-0.15, -0.1) is 0 Å². The predicted molar refractivity (Wildman–Crippen MR) is 152 cm³/mol. The summed E-state index contributed by atoms with van der Waals surface area (Å²) in [5.74, 6) is -3.56. The van der Waals surface area contributed by atoms with Gasteiger partial charge in [0.05, 0.1) is 10.9 Å². The van der Waals surface area contributed by atoms with Crippen molar-refractivity contribution < 1.29 is 22.8 Å². The minimum Gasteiger partial charge on any atom is -0.344 e. The van der Waals surface area contributed by atoms with Gasteiger partial charge in [0.2, 0.25) is 11.8 Å². The van der Waals surface area contributed by atoms with E-state index in [0.717, 1.165) is 18.2 Å². The van der Waals surface area contributed by atoms with Crippen LogP contribution in [0.25, 0.3) is 10.8 Å². The van der Waals surface area contributed by atoms with E-state index in [-0.39, 0.29) is 4.90 Å². The maximum Gasteiger partial charge on any atom is 0.264 e. The van der Waals surface area contributed by atoms with Crippen LogP contribution in [0, 0.1) is 5.92 Å².